The molecule has 10 heteroatoms. The molecule has 160 valence electrons. The van der Waals surface area contributed by atoms with Gasteiger partial charge in [-0.25, -0.2) is 9.48 Å². The van der Waals surface area contributed by atoms with Gasteiger partial charge in [0.1, 0.15) is 12.6 Å². The number of hydrogen-bond donors (Lipinski definition) is 3. The average molecular weight is 415 g/mol. The smallest absolute Gasteiger partial charge is 0.408 e. The molecule has 3 amide bonds. The summed E-state index contributed by atoms with van der Waals surface area (Å²) < 4.78 is 6.25. The summed E-state index contributed by atoms with van der Waals surface area (Å²) in [7, 11) is 0. The third-order valence-electron chi connectivity index (χ3n) is 4.05. The van der Waals surface area contributed by atoms with Crippen LogP contribution < -0.4 is 16.0 Å². The molecule has 0 aliphatic carbocycles. The average Bonchev–Trinajstić information content (AvgIpc) is 3.07. The minimum atomic E-state index is -0.905. The Morgan fingerprint density at radius 1 is 1.07 bits per heavy atom. The lowest BCUT2D eigenvalue weighted by atomic mass is 10.2. The van der Waals surface area contributed by atoms with Crippen molar-refractivity contribution in [1.82, 2.24) is 25.7 Å². The molecule has 1 aromatic carbocycles. The second kappa shape index (κ2) is 10.7. The zero-order chi connectivity index (χ0) is 22.1. The summed E-state index contributed by atoms with van der Waals surface area (Å²) in [5.74, 6) is -1.50. The van der Waals surface area contributed by atoms with Gasteiger partial charge in [0.15, 0.2) is 0 Å². The summed E-state index contributed by atoms with van der Waals surface area (Å²) >= 11 is 0. The minimum absolute atomic E-state index is 0.0761. The molecule has 1 aromatic heterocycles. The van der Waals surface area contributed by atoms with E-state index in [4.69, 9.17) is 4.74 Å². The van der Waals surface area contributed by atoms with Crippen LogP contribution in [0, 0.1) is 13.8 Å². The number of nitrogens with zero attached hydrogens (tertiary/aromatic N) is 2. The number of rotatable bonds is 8. The van der Waals surface area contributed by atoms with E-state index in [0.29, 0.717) is 11.4 Å². The molecular formula is C20H25N5O5. The molecule has 1 atom stereocenters. The largest absolute Gasteiger partial charge is 0.445 e. The van der Waals surface area contributed by atoms with Gasteiger partial charge in [0.25, 0.3) is 5.91 Å². The third kappa shape index (κ3) is 7.04. The van der Waals surface area contributed by atoms with E-state index in [1.54, 1.807) is 19.9 Å². The molecule has 0 bridgehead atoms. The van der Waals surface area contributed by atoms with Crippen molar-refractivity contribution >= 4 is 23.8 Å². The van der Waals surface area contributed by atoms with Gasteiger partial charge in [0, 0.05) is 5.69 Å². The van der Waals surface area contributed by atoms with Crippen LogP contribution >= 0.6 is 0 Å². The number of amides is 3. The fourth-order valence-electron chi connectivity index (χ4n) is 2.52. The number of aromatic nitrogens is 2. The number of nitrogens with one attached hydrogen (secondary N) is 3. The van der Waals surface area contributed by atoms with Crippen molar-refractivity contribution in [2.45, 2.75) is 33.4 Å². The van der Waals surface area contributed by atoms with E-state index in [2.05, 4.69) is 21.0 Å². The van der Waals surface area contributed by atoms with E-state index < -0.39 is 29.9 Å². The van der Waals surface area contributed by atoms with Crippen LogP contribution in [0.5, 0.6) is 0 Å². The lowest BCUT2D eigenvalue weighted by Gasteiger charge is -2.14. The fourth-order valence-corrected chi connectivity index (χ4v) is 2.52. The Hall–Kier alpha value is -3.69. The highest BCUT2D eigenvalue weighted by Gasteiger charge is 2.17. The van der Waals surface area contributed by atoms with E-state index >= 15 is 0 Å². The van der Waals surface area contributed by atoms with Crippen LogP contribution in [-0.2, 0) is 20.9 Å². The maximum absolute atomic E-state index is 12.1. The highest BCUT2D eigenvalue weighted by molar-refractivity contribution is 5.91. The molecule has 2 rings (SSSR count). The Bertz CT molecular complexity index is 910. The molecule has 0 aliphatic rings. The molecule has 0 radical (unpaired) electrons. The van der Waals surface area contributed by atoms with Crippen LogP contribution in [0.4, 0.5) is 4.79 Å². The van der Waals surface area contributed by atoms with Crippen LogP contribution in [0.25, 0.3) is 0 Å². The number of carbonyl (C=O) groups is 4. The quantitative estimate of drug-likeness (QED) is 0.581. The number of hydrogen-bond acceptors (Lipinski definition) is 6. The first-order chi connectivity index (χ1) is 14.3. The van der Waals surface area contributed by atoms with Crippen LogP contribution in [0.3, 0.4) is 0 Å². The Kier molecular flexibility index (Phi) is 8.09. The zero-order valence-corrected chi connectivity index (χ0v) is 17.1. The van der Waals surface area contributed by atoms with E-state index in [1.165, 1.54) is 11.6 Å². The topological polar surface area (TPSA) is 131 Å². The van der Waals surface area contributed by atoms with Gasteiger partial charge >= 0.3 is 6.09 Å². The predicted molar refractivity (Wildman–Crippen MR) is 108 cm³/mol. The molecule has 30 heavy (non-hydrogen) atoms. The van der Waals surface area contributed by atoms with Crippen molar-refractivity contribution in [2.24, 2.45) is 0 Å². The van der Waals surface area contributed by atoms with Gasteiger partial charge in [-0.15, -0.1) is 0 Å². The van der Waals surface area contributed by atoms with Gasteiger partial charge in [-0.2, -0.15) is 5.10 Å². The van der Waals surface area contributed by atoms with Gasteiger partial charge in [0.2, 0.25) is 11.8 Å². The second-order valence-corrected chi connectivity index (χ2v) is 6.65. The molecule has 1 heterocycles. The SMILES string of the molecule is Cc1cc(C)n(C(=O)CNC(=O)CNC(=O)C(C)NC(=O)OCc2ccccc2)n1. The first kappa shape index (κ1) is 22.6. The van der Waals surface area contributed by atoms with E-state index in [0.717, 1.165) is 5.56 Å². The zero-order valence-electron chi connectivity index (χ0n) is 17.1. The minimum Gasteiger partial charge on any atom is -0.445 e. The van der Waals surface area contributed by atoms with E-state index in [1.807, 2.05) is 30.3 Å². The number of benzene rings is 1. The molecule has 0 spiro atoms. The Morgan fingerprint density at radius 3 is 2.40 bits per heavy atom. The molecule has 0 fully saturated rings. The van der Waals surface area contributed by atoms with Crippen molar-refractivity contribution in [3.05, 3.63) is 53.3 Å². The van der Waals surface area contributed by atoms with Gasteiger partial charge in [-0.05, 0) is 32.4 Å². The second-order valence-electron chi connectivity index (χ2n) is 6.65. The summed E-state index contributed by atoms with van der Waals surface area (Å²) in [6.45, 7) is 4.44. The van der Waals surface area contributed by atoms with E-state index in [9.17, 15) is 19.2 Å². The van der Waals surface area contributed by atoms with Crippen LogP contribution in [0.2, 0.25) is 0 Å². The lowest BCUT2D eigenvalue weighted by molar-refractivity contribution is -0.126. The lowest BCUT2D eigenvalue weighted by Crippen LogP contribution is -2.48. The maximum atomic E-state index is 12.1. The van der Waals surface area contributed by atoms with Crippen molar-refractivity contribution in [2.75, 3.05) is 13.1 Å². The molecule has 0 aliphatic heterocycles. The summed E-state index contributed by atoms with van der Waals surface area (Å²) in [6.07, 6.45) is -0.749. The summed E-state index contributed by atoms with van der Waals surface area (Å²) in [5.41, 5.74) is 2.18. The molecular weight excluding hydrogens is 390 g/mol. The Labute approximate surface area is 174 Å². The Morgan fingerprint density at radius 2 is 1.77 bits per heavy atom. The number of ether oxygens (including phenoxy) is 1. The number of alkyl carbamates (subject to hydrolysis) is 1. The van der Waals surface area contributed by atoms with Gasteiger partial charge in [-0.1, -0.05) is 30.3 Å². The van der Waals surface area contributed by atoms with E-state index in [-0.39, 0.29) is 19.7 Å². The summed E-state index contributed by atoms with van der Waals surface area (Å²) in [5, 5.41) is 11.2. The first-order valence-electron chi connectivity index (χ1n) is 9.34. The standard InChI is InChI=1S/C20H25N5O5/c1-13-9-14(2)25(24-13)18(27)11-21-17(26)10-22-19(28)15(3)23-20(29)30-12-16-7-5-4-6-8-16/h4-9,15H,10-12H2,1-3H3,(H,21,26)(H,22,28)(H,23,29). The molecule has 0 saturated heterocycles. The van der Waals surface area contributed by atoms with Crippen LogP contribution in [0.15, 0.2) is 36.4 Å². The predicted octanol–water partition coefficient (Wildman–Crippen LogP) is 0.687. The Balaban J connectivity index is 1.67. The van der Waals surface area contributed by atoms with Gasteiger partial charge in [-0.3, -0.25) is 14.4 Å². The highest BCUT2D eigenvalue weighted by atomic mass is 16.5. The number of carbonyl (C=O) groups excluding carboxylic acids is 4. The molecule has 3 N–H and O–H groups in total. The van der Waals surface area contributed by atoms with Crippen molar-refractivity contribution in [1.29, 1.82) is 0 Å². The van der Waals surface area contributed by atoms with Crippen LogP contribution in [0.1, 0.15) is 28.7 Å². The normalized spacial score (nSPS) is 11.3. The van der Waals surface area contributed by atoms with Gasteiger partial charge < -0.3 is 20.7 Å². The molecule has 0 saturated carbocycles. The van der Waals surface area contributed by atoms with Crippen molar-refractivity contribution in [3.63, 3.8) is 0 Å². The monoisotopic (exact) mass is 415 g/mol. The molecule has 2 aromatic rings. The molecule has 1 unspecified atom stereocenters. The summed E-state index contributed by atoms with van der Waals surface area (Å²) in [6, 6.07) is 9.95. The number of aryl methyl sites for hydroxylation is 2. The summed E-state index contributed by atoms with van der Waals surface area (Å²) in [4.78, 5) is 47.7. The third-order valence-corrected chi connectivity index (χ3v) is 4.05. The van der Waals surface area contributed by atoms with Crippen LogP contribution in [-0.4, -0.2) is 52.7 Å². The fraction of sp³-hybridized carbons (Fsp3) is 0.350. The highest BCUT2D eigenvalue weighted by Crippen LogP contribution is 2.01. The first-order valence-corrected chi connectivity index (χ1v) is 9.34. The maximum Gasteiger partial charge on any atom is 0.408 e. The van der Waals surface area contributed by atoms with Gasteiger partial charge in [0.05, 0.1) is 18.8 Å². The van der Waals surface area contributed by atoms with Crippen molar-refractivity contribution in [3.8, 4) is 0 Å². The van der Waals surface area contributed by atoms with Crippen molar-refractivity contribution < 1.29 is 23.9 Å². The molecule has 10 nitrogen and oxygen atoms in total.